The molecule has 0 aliphatic heterocycles. The summed E-state index contributed by atoms with van der Waals surface area (Å²) >= 11 is 0. The number of hydrogen-bond donors (Lipinski definition) is 0. The highest BCUT2D eigenvalue weighted by Gasteiger charge is 2.30. The highest BCUT2D eigenvalue weighted by atomic mass is 19.4. The second kappa shape index (κ2) is 6.16. The summed E-state index contributed by atoms with van der Waals surface area (Å²) in [5.74, 6) is 0.0554. The smallest absolute Gasteiger partial charge is 0.335 e. The van der Waals surface area contributed by atoms with Crippen molar-refractivity contribution < 1.29 is 13.2 Å². The van der Waals surface area contributed by atoms with Crippen LogP contribution in [0.1, 0.15) is 32.9 Å². The third-order valence-electron chi connectivity index (χ3n) is 3.01. The Morgan fingerprint density at radius 3 is 2.10 bits per heavy atom. The van der Waals surface area contributed by atoms with E-state index >= 15 is 0 Å². The number of rotatable bonds is 3. The average Bonchev–Trinajstić information content (AvgIpc) is 2.71. The van der Waals surface area contributed by atoms with Crippen LogP contribution in [0.2, 0.25) is 0 Å². The molecule has 0 amide bonds. The summed E-state index contributed by atoms with van der Waals surface area (Å²) in [5, 5.41) is 0. The molecule has 0 unspecified atom stereocenters. The maximum atomic E-state index is 12.7. The highest BCUT2D eigenvalue weighted by Crippen LogP contribution is 2.30. The molecule has 1 nitrogen and oxygen atoms in total. The van der Waals surface area contributed by atoms with Crippen LogP contribution >= 0.6 is 0 Å². The third kappa shape index (κ3) is 3.65. The van der Waals surface area contributed by atoms with Crippen molar-refractivity contribution in [3.63, 3.8) is 0 Å². The minimum Gasteiger partial charge on any atom is -0.335 e. The van der Waals surface area contributed by atoms with E-state index in [0.29, 0.717) is 11.4 Å². The van der Waals surface area contributed by atoms with Crippen molar-refractivity contribution in [2.45, 2.75) is 39.9 Å². The van der Waals surface area contributed by atoms with Gasteiger partial charge in [0.2, 0.25) is 0 Å². The Kier molecular flexibility index (Phi) is 5.03. The van der Waals surface area contributed by atoms with Gasteiger partial charge >= 0.3 is 6.18 Å². The van der Waals surface area contributed by atoms with Gasteiger partial charge in [0, 0.05) is 11.4 Å². The molecule has 4 heteroatoms. The van der Waals surface area contributed by atoms with Crippen LogP contribution in [0.25, 0.3) is 11.3 Å². The van der Waals surface area contributed by atoms with Crippen molar-refractivity contribution in [1.29, 1.82) is 0 Å². The molecule has 0 atom stereocenters. The minimum atomic E-state index is -4.22. The molecule has 0 N–H and O–H groups in total. The molecule has 1 aromatic heterocycles. The van der Waals surface area contributed by atoms with Crippen LogP contribution in [-0.2, 0) is 6.54 Å². The Balaban J connectivity index is 0.00000200. The number of alkyl halides is 3. The fourth-order valence-electron chi connectivity index (χ4n) is 2.20. The van der Waals surface area contributed by atoms with Crippen LogP contribution in [0.3, 0.4) is 0 Å². The largest absolute Gasteiger partial charge is 0.406 e. The second-order valence-corrected chi connectivity index (χ2v) is 4.87. The van der Waals surface area contributed by atoms with Gasteiger partial charge in [-0.2, -0.15) is 13.2 Å². The predicted octanol–water partition coefficient (Wildman–Crippen LogP) is 5.48. The molecule has 110 valence electrons. The molecule has 0 saturated carbocycles. The monoisotopic (exact) mass is 283 g/mol. The molecule has 0 fully saturated rings. The number of benzene rings is 1. The third-order valence-corrected chi connectivity index (χ3v) is 3.01. The van der Waals surface area contributed by atoms with Crippen molar-refractivity contribution >= 4 is 0 Å². The molecular weight excluding hydrogens is 263 g/mol. The molecule has 20 heavy (non-hydrogen) atoms. The summed E-state index contributed by atoms with van der Waals surface area (Å²) in [6.45, 7) is 2.85. The van der Waals surface area contributed by atoms with E-state index in [0.717, 1.165) is 5.56 Å². The number of hydrogen-bond acceptors (Lipinski definition) is 0. The summed E-state index contributed by atoms with van der Waals surface area (Å²) in [6, 6.07) is 12.7. The number of halogens is 3. The Labute approximate surface area is 118 Å². The van der Waals surface area contributed by atoms with Gasteiger partial charge in [-0.1, -0.05) is 51.6 Å². The fourth-order valence-corrected chi connectivity index (χ4v) is 2.20. The topological polar surface area (TPSA) is 4.93 Å². The second-order valence-electron chi connectivity index (χ2n) is 4.87. The van der Waals surface area contributed by atoms with Gasteiger partial charge in [0.1, 0.15) is 6.54 Å². The van der Waals surface area contributed by atoms with Gasteiger partial charge < -0.3 is 4.57 Å². The van der Waals surface area contributed by atoms with E-state index in [2.05, 4.69) is 0 Å². The molecular formula is C16H20F3N. The van der Waals surface area contributed by atoms with Gasteiger partial charge in [-0.25, -0.2) is 0 Å². The van der Waals surface area contributed by atoms with E-state index in [4.69, 9.17) is 0 Å². The first-order valence-corrected chi connectivity index (χ1v) is 6.20. The van der Waals surface area contributed by atoms with Gasteiger partial charge in [0.25, 0.3) is 0 Å². The van der Waals surface area contributed by atoms with E-state index in [9.17, 15) is 13.2 Å². The summed E-state index contributed by atoms with van der Waals surface area (Å²) in [7, 11) is 0. The normalized spacial score (nSPS) is 11.5. The zero-order valence-electron chi connectivity index (χ0n) is 10.9. The molecule has 0 bridgehead atoms. The van der Waals surface area contributed by atoms with Crippen molar-refractivity contribution in [3.8, 4) is 11.3 Å². The Hall–Kier alpha value is -1.71. The van der Waals surface area contributed by atoms with Gasteiger partial charge in [-0.3, -0.25) is 0 Å². The van der Waals surface area contributed by atoms with E-state index in [1.165, 1.54) is 4.57 Å². The van der Waals surface area contributed by atoms with Gasteiger partial charge in [0.05, 0.1) is 0 Å². The van der Waals surface area contributed by atoms with Crippen LogP contribution in [0.5, 0.6) is 0 Å². The zero-order chi connectivity index (χ0) is 14.0. The summed E-state index contributed by atoms with van der Waals surface area (Å²) in [6.07, 6.45) is -4.22. The molecule has 2 aromatic rings. The summed E-state index contributed by atoms with van der Waals surface area (Å²) in [5.41, 5.74) is 2.12. The molecule has 0 saturated heterocycles. The van der Waals surface area contributed by atoms with Crippen molar-refractivity contribution in [2.24, 2.45) is 0 Å². The molecule has 0 aliphatic carbocycles. The van der Waals surface area contributed by atoms with Crippen molar-refractivity contribution in [1.82, 2.24) is 4.57 Å². The van der Waals surface area contributed by atoms with Crippen LogP contribution in [-0.4, -0.2) is 10.7 Å². The quantitative estimate of drug-likeness (QED) is 0.703. The maximum Gasteiger partial charge on any atom is 0.406 e. The lowest BCUT2D eigenvalue weighted by atomic mass is 10.1. The van der Waals surface area contributed by atoms with Crippen LogP contribution in [0, 0.1) is 0 Å². The fraction of sp³-hybridized carbons (Fsp3) is 0.375. The summed E-state index contributed by atoms with van der Waals surface area (Å²) in [4.78, 5) is 0. The van der Waals surface area contributed by atoms with E-state index in [-0.39, 0.29) is 13.3 Å². The molecule has 0 aliphatic rings. The molecule has 0 spiro atoms. The SMILES string of the molecule is C.CC(C)c1ccc(-c2ccccc2)n1CC(F)(F)F. The zero-order valence-corrected chi connectivity index (χ0v) is 10.9. The minimum absolute atomic E-state index is 0. The standard InChI is InChI=1S/C15H16F3N.CH4/c1-11(2)13-8-9-14(12-6-4-3-5-7-12)19(13)10-15(16,17)18;/h3-9,11H,10H2,1-2H3;1H4. The molecule has 2 rings (SSSR count). The van der Waals surface area contributed by atoms with Crippen LogP contribution in [0.4, 0.5) is 13.2 Å². The average molecular weight is 283 g/mol. The van der Waals surface area contributed by atoms with Crippen molar-refractivity contribution in [2.75, 3.05) is 0 Å². The van der Waals surface area contributed by atoms with Crippen molar-refractivity contribution in [3.05, 3.63) is 48.2 Å². The van der Waals surface area contributed by atoms with Crippen LogP contribution < -0.4 is 0 Å². The molecule has 0 radical (unpaired) electrons. The van der Waals surface area contributed by atoms with Gasteiger partial charge in [-0.05, 0) is 23.6 Å². The molecule has 1 heterocycles. The Bertz CT molecular complexity index is 539. The highest BCUT2D eigenvalue weighted by molar-refractivity contribution is 5.61. The van der Waals surface area contributed by atoms with Gasteiger partial charge in [0.15, 0.2) is 0 Å². The van der Waals surface area contributed by atoms with E-state index in [1.807, 2.05) is 44.2 Å². The first-order chi connectivity index (χ1) is 8.88. The molecule has 1 aromatic carbocycles. The lowest BCUT2D eigenvalue weighted by Crippen LogP contribution is -2.20. The predicted molar refractivity (Wildman–Crippen MR) is 76.7 cm³/mol. The van der Waals surface area contributed by atoms with E-state index in [1.54, 1.807) is 12.1 Å². The maximum absolute atomic E-state index is 12.7. The van der Waals surface area contributed by atoms with E-state index < -0.39 is 12.7 Å². The first kappa shape index (κ1) is 16.3. The first-order valence-electron chi connectivity index (χ1n) is 6.20. The lowest BCUT2D eigenvalue weighted by Gasteiger charge is -2.17. The van der Waals surface area contributed by atoms with Gasteiger partial charge in [-0.15, -0.1) is 0 Å². The lowest BCUT2D eigenvalue weighted by molar-refractivity contribution is -0.140. The Morgan fingerprint density at radius 1 is 1.00 bits per heavy atom. The van der Waals surface area contributed by atoms with Crippen LogP contribution in [0.15, 0.2) is 42.5 Å². The number of nitrogens with zero attached hydrogens (tertiary/aromatic N) is 1. The Morgan fingerprint density at radius 2 is 1.60 bits per heavy atom. The number of aromatic nitrogens is 1. The summed E-state index contributed by atoms with van der Waals surface area (Å²) < 4.78 is 39.6.